The van der Waals surface area contributed by atoms with Gasteiger partial charge in [-0.1, -0.05) is 0 Å². The fraction of sp³-hybridized carbons (Fsp3) is 0.500. The lowest BCUT2D eigenvalue weighted by atomic mass is 10.1. The Labute approximate surface area is 146 Å². The first-order valence-electron chi connectivity index (χ1n) is 8.19. The molecule has 0 bridgehead atoms. The minimum absolute atomic E-state index is 0.281. The molecule has 0 saturated carbocycles. The lowest BCUT2D eigenvalue weighted by Crippen LogP contribution is -2.54. The predicted molar refractivity (Wildman–Crippen MR) is 82.4 cm³/mol. The molecule has 3 aliphatic rings. The van der Waals surface area contributed by atoms with Crippen molar-refractivity contribution in [2.75, 3.05) is 31.1 Å². The van der Waals surface area contributed by atoms with Gasteiger partial charge < -0.3 is 14.8 Å². The zero-order valence-electron chi connectivity index (χ0n) is 13.6. The van der Waals surface area contributed by atoms with Crippen LogP contribution in [0.4, 0.5) is 18.9 Å². The average molecular weight is 371 g/mol. The highest BCUT2D eigenvalue weighted by Crippen LogP contribution is 2.35. The Morgan fingerprint density at radius 1 is 1.35 bits per heavy atom. The molecule has 3 aliphatic heterocycles. The molecule has 7 nitrogen and oxygen atoms in total. The van der Waals surface area contributed by atoms with E-state index in [1.165, 1.54) is 4.90 Å². The van der Waals surface area contributed by atoms with E-state index in [1.807, 2.05) is 0 Å². The number of alkyl halides is 3. The molecule has 0 spiro atoms. The molecular weight excluding hydrogens is 355 g/mol. The molecule has 2 saturated heterocycles. The summed E-state index contributed by atoms with van der Waals surface area (Å²) in [4.78, 5) is 26.8. The number of hydrogen-bond donors (Lipinski definition) is 1. The maximum atomic E-state index is 12.8. The number of nitrogens with zero attached hydrogens (tertiary/aromatic N) is 2. The Hall–Kier alpha value is -2.33. The summed E-state index contributed by atoms with van der Waals surface area (Å²) in [6.45, 7) is 1.56. The first kappa shape index (κ1) is 17.1. The Morgan fingerprint density at radius 2 is 2.15 bits per heavy atom. The second-order valence-electron chi connectivity index (χ2n) is 6.29. The summed E-state index contributed by atoms with van der Waals surface area (Å²) < 4.78 is 48.2. The van der Waals surface area contributed by atoms with Crippen LogP contribution < -0.4 is 15.0 Å². The Morgan fingerprint density at radius 3 is 2.92 bits per heavy atom. The van der Waals surface area contributed by atoms with Crippen LogP contribution in [0.1, 0.15) is 5.56 Å². The molecule has 3 heterocycles. The first-order chi connectivity index (χ1) is 12.4. The molecule has 26 heavy (non-hydrogen) atoms. The molecule has 2 fully saturated rings. The third kappa shape index (κ3) is 2.78. The number of rotatable bonds is 2. The van der Waals surface area contributed by atoms with Crippen molar-refractivity contribution in [1.29, 1.82) is 0 Å². The van der Waals surface area contributed by atoms with E-state index in [4.69, 9.17) is 9.47 Å². The Kier molecular flexibility index (Phi) is 4.03. The highest BCUT2D eigenvalue weighted by Gasteiger charge is 2.52. The zero-order valence-corrected chi connectivity index (χ0v) is 13.6. The molecule has 0 radical (unpaired) electrons. The van der Waals surface area contributed by atoms with E-state index in [-0.39, 0.29) is 13.1 Å². The Bertz CT molecular complexity index is 755. The van der Waals surface area contributed by atoms with E-state index in [1.54, 1.807) is 18.2 Å². The van der Waals surface area contributed by atoms with E-state index in [0.717, 1.165) is 10.5 Å². The number of carbonyl (C=O) groups is 2. The SMILES string of the molecule is O=C1C2CNCCN2C(OC(=O)C(F)(F)F)N1c1ccc2c(c1)CCO2. The van der Waals surface area contributed by atoms with Crippen molar-refractivity contribution in [1.82, 2.24) is 10.2 Å². The molecule has 4 rings (SSSR count). The van der Waals surface area contributed by atoms with Crippen LogP contribution in [0, 0.1) is 0 Å². The minimum atomic E-state index is -5.13. The van der Waals surface area contributed by atoms with E-state index in [2.05, 4.69) is 5.32 Å². The fourth-order valence-electron chi connectivity index (χ4n) is 3.49. The number of nitrogens with one attached hydrogen (secondary N) is 1. The number of piperazine rings is 1. The van der Waals surface area contributed by atoms with Gasteiger partial charge >= 0.3 is 12.1 Å². The fourth-order valence-corrected chi connectivity index (χ4v) is 3.49. The van der Waals surface area contributed by atoms with Crippen LogP contribution in [0.2, 0.25) is 0 Å². The second kappa shape index (κ2) is 6.13. The number of esters is 1. The largest absolute Gasteiger partial charge is 0.493 e. The van der Waals surface area contributed by atoms with Gasteiger partial charge in [-0.25, -0.2) is 9.69 Å². The zero-order chi connectivity index (χ0) is 18.5. The molecule has 0 aromatic heterocycles. The van der Waals surface area contributed by atoms with Crippen LogP contribution in [0.15, 0.2) is 18.2 Å². The summed E-state index contributed by atoms with van der Waals surface area (Å²) in [6.07, 6.45) is -5.91. The third-order valence-corrected chi connectivity index (χ3v) is 4.71. The number of carbonyl (C=O) groups excluding carboxylic acids is 2. The molecule has 0 aliphatic carbocycles. The number of ether oxygens (including phenoxy) is 2. The van der Waals surface area contributed by atoms with Gasteiger partial charge in [-0.15, -0.1) is 0 Å². The van der Waals surface area contributed by atoms with Gasteiger partial charge in [-0.2, -0.15) is 13.2 Å². The number of halogens is 3. The summed E-state index contributed by atoms with van der Waals surface area (Å²) in [5.41, 5.74) is 1.24. The van der Waals surface area contributed by atoms with Crippen LogP contribution in [-0.4, -0.2) is 61.6 Å². The van der Waals surface area contributed by atoms with E-state index in [9.17, 15) is 22.8 Å². The summed E-state index contributed by atoms with van der Waals surface area (Å²) in [5.74, 6) is -2.04. The molecule has 1 aromatic carbocycles. The smallest absolute Gasteiger partial charge is 0.491 e. The van der Waals surface area contributed by atoms with Crippen LogP contribution in [0.5, 0.6) is 5.75 Å². The highest BCUT2D eigenvalue weighted by atomic mass is 19.4. The van der Waals surface area contributed by atoms with Crippen molar-refractivity contribution < 1.29 is 32.2 Å². The number of fused-ring (bicyclic) bond motifs is 2. The van der Waals surface area contributed by atoms with Gasteiger partial charge in [-0.3, -0.25) is 9.69 Å². The normalized spacial score (nSPS) is 25.7. The molecule has 1 amide bonds. The van der Waals surface area contributed by atoms with Gasteiger partial charge in [0.1, 0.15) is 11.8 Å². The van der Waals surface area contributed by atoms with Crippen LogP contribution in [0.3, 0.4) is 0 Å². The van der Waals surface area contributed by atoms with Crippen LogP contribution in [0.25, 0.3) is 0 Å². The van der Waals surface area contributed by atoms with E-state index in [0.29, 0.717) is 31.0 Å². The van der Waals surface area contributed by atoms with Crippen molar-refractivity contribution in [2.45, 2.75) is 25.0 Å². The van der Waals surface area contributed by atoms with Gasteiger partial charge in [-0.05, 0) is 23.8 Å². The molecular formula is C16H16F3N3O4. The molecule has 2 unspecified atom stereocenters. The van der Waals surface area contributed by atoms with Gasteiger partial charge in [0.15, 0.2) is 0 Å². The average Bonchev–Trinajstić information content (AvgIpc) is 3.17. The second-order valence-corrected chi connectivity index (χ2v) is 6.29. The monoisotopic (exact) mass is 371 g/mol. The maximum absolute atomic E-state index is 12.8. The van der Waals surface area contributed by atoms with Crippen LogP contribution >= 0.6 is 0 Å². The van der Waals surface area contributed by atoms with Gasteiger partial charge in [0.05, 0.1) is 6.61 Å². The van der Waals surface area contributed by atoms with Crippen molar-refractivity contribution in [3.05, 3.63) is 23.8 Å². The highest BCUT2D eigenvalue weighted by molar-refractivity contribution is 6.00. The van der Waals surface area contributed by atoms with E-state index >= 15 is 0 Å². The standard InChI is InChI=1S/C16H16F3N3O4/c17-16(18,19)14(24)26-15-21-5-4-20-8-11(21)13(23)22(15)10-1-2-12-9(7-10)3-6-25-12/h1-2,7,11,15,20H,3-6,8H2. The Balaban J connectivity index is 1.69. The molecule has 1 aromatic rings. The van der Waals surface area contributed by atoms with Crippen molar-refractivity contribution >= 4 is 17.6 Å². The number of hydrogen-bond acceptors (Lipinski definition) is 6. The van der Waals surface area contributed by atoms with Gasteiger partial charge in [0.2, 0.25) is 12.3 Å². The molecule has 2 atom stereocenters. The van der Waals surface area contributed by atoms with Crippen LogP contribution in [-0.2, 0) is 20.7 Å². The summed E-state index contributed by atoms with van der Waals surface area (Å²) in [6, 6.07) is 4.27. The van der Waals surface area contributed by atoms with E-state index < -0.39 is 30.4 Å². The summed E-state index contributed by atoms with van der Waals surface area (Å²) >= 11 is 0. The predicted octanol–water partition coefficient (Wildman–Crippen LogP) is 0.631. The first-order valence-corrected chi connectivity index (χ1v) is 8.19. The lowest BCUT2D eigenvalue weighted by Gasteiger charge is -2.33. The molecule has 140 valence electrons. The number of benzene rings is 1. The summed E-state index contributed by atoms with van der Waals surface area (Å²) in [7, 11) is 0. The summed E-state index contributed by atoms with van der Waals surface area (Å²) in [5, 5.41) is 3.03. The maximum Gasteiger partial charge on any atom is 0.491 e. The van der Waals surface area contributed by atoms with Crippen molar-refractivity contribution in [3.63, 3.8) is 0 Å². The number of amides is 1. The van der Waals surface area contributed by atoms with Gasteiger partial charge in [0.25, 0.3) is 0 Å². The van der Waals surface area contributed by atoms with Gasteiger partial charge in [0, 0.05) is 31.7 Å². The lowest BCUT2D eigenvalue weighted by molar-refractivity contribution is -0.211. The molecule has 10 heteroatoms. The molecule has 1 N–H and O–H groups in total. The minimum Gasteiger partial charge on any atom is -0.493 e. The van der Waals surface area contributed by atoms with Crippen molar-refractivity contribution in [2.24, 2.45) is 0 Å². The number of anilines is 1. The topological polar surface area (TPSA) is 71.1 Å². The quantitative estimate of drug-likeness (QED) is 0.769. The van der Waals surface area contributed by atoms with Crippen molar-refractivity contribution in [3.8, 4) is 5.75 Å². The third-order valence-electron chi connectivity index (χ3n) is 4.71.